The van der Waals surface area contributed by atoms with E-state index in [4.69, 9.17) is 14.7 Å². The van der Waals surface area contributed by atoms with E-state index in [9.17, 15) is 5.11 Å². The van der Waals surface area contributed by atoms with E-state index < -0.39 is 14.4 Å². The number of benzene rings is 1. The summed E-state index contributed by atoms with van der Waals surface area (Å²) in [7, 11) is -2.02. The zero-order valence-corrected chi connectivity index (χ0v) is 23.7. The molecule has 3 rings (SSSR count). The first-order valence-corrected chi connectivity index (χ1v) is 15.4. The first kappa shape index (κ1) is 26.6. The SMILES string of the molecule is Cc1c([C@H](O)c2ccc(C#N)cc2)c(C(C)C)nc2c1[C@@H](O[Si](C)(C)C(C)(C)C)CC(C)(C)C2. The van der Waals surface area contributed by atoms with Crippen LogP contribution in [0, 0.1) is 23.7 Å². The van der Waals surface area contributed by atoms with Crippen LogP contribution in [0.25, 0.3) is 0 Å². The molecule has 0 radical (unpaired) electrons. The highest BCUT2D eigenvalue weighted by atomic mass is 28.4. The van der Waals surface area contributed by atoms with Gasteiger partial charge in [-0.3, -0.25) is 4.98 Å². The molecule has 0 aliphatic heterocycles. The Balaban J connectivity index is 2.20. The number of fused-ring (bicyclic) bond motifs is 1. The molecule has 2 aromatic rings. The molecule has 1 N–H and O–H groups in total. The molecule has 0 fully saturated rings. The fraction of sp³-hybridized carbons (Fsp3) is 0.586. The summed E-state index contributed by atoms with van der Waals surface area (Å²) in [5.41, 5.74) is 6.71. The molecule has 0 bridgehead atoms. The molecule has 0 saturated heterocycles. The molecular weight excluding hydrogens is 436 g/mol. The van der Waals surface area contributed by atoms with Crippen molar-refractivity contribution >= 4 is 8.32 Å². The Morgan fingerprint density at radius 3 is 2.26 bits per heavy atom. The number of hydrogen-bond acceptors (Lipinski definition) is 4. The van der Waals surface area contributed by atoms with Crippen LogP contribution in [-0.2, 0) is 10.8 Å². The molecule has 0 amide bonds. The average molecular weight is 479 g/mol. The van der Waals surface area contributed by atoms with E-state index in [2.05, 4.69) is 74.6 Å². The van der Waals surface area contributed by atoms with Crippen LogP contribution in [0.2, 0.25) is 18.1 Å². The first-order chi connectivity index (χ1) is 15.6. The predicted molar refractivity (Wildman–Crippen MR) is 141 cm³/mol. The van der Waals surface area contributed by atoms with Gasteiger partial charge in [-0.25, -0.2) is 0 Å². The van der Waals surface area contributed by atoms with Gasteiger partial charge >= 0.3 is 0 Å². The summed E-state index contributed by atoms with van der Waals surface area (Å²) in [5, 5.41) is 20.8. The van der Waals surface area contributed by atoms with Crippen LogP contribution >= 0.6 is 0 Å². The summed E-state index contributed by atoms with van der Waals surface area (Å²) >= 11 is 0. The fourth-order valence-electron chi connectivity index (χ4n) is 4.84. The molecule has 34 heavy (non-hydrogen) atoms. The number of aliphatic hydroxyl groups excluding tert-OH is 1. The Labute approximate surface area is 207 Å². The van der Waals surface area contributed by atoms with Crippen LogP contribution in [-0.4, -0.2) is 18.4 Å². The number of pyridine rings is 1. The molecule has 0 unspecified atom stereocenters. The summed E-state index contributed by atoms with van der Waals surface area (Å²) in [6, 6.07) is 9.38. The second kappa shape index (κ2) is 9.22. The van der Waals surface area contributed by atoms with Crippen LogP contribution < -0.4 is 0 Å². The Morgan fingerprint density at radius 1 is 1.18 bits per heavy atom. The van der Waals surface area contributed by atoms with Gasteiger partial charge in [-0.2, -0.15) is 5.26 Å². The van der Waals surface area contributed by atoms with Crippen molar-refractivity contribution in [2.24, 2.45) is 5.41 Å². The molecule has 1 aliphatic rings. The number of nitrogens with zero attached hydrogens (tertiary/aromatic N) is 2. The van der Waals surface area contributed by atoms with Crippen LogP contribution in [0.15, 0.2) is 24.3 Å². The summed E-state index contributed by atoms with van der Waals surface area (Å²) in [5.74, 6) is 0.178. The van der Waals surface area contributed by atoms with Crippen LogP contribution in [0.3, 0.4) is 0 Å². The summed E-state index contributed by atoms with van der Waals surface area (Å²) < 4.78 is 7.04. The van der Waals surface area contributed by atoms with Crippen molar-refractivity contribution in [2.75, 3.05) is 0 Å². The van der Waals surface area contributed by atoms with E-state index in [1.807, 2.05) is 12.1 Å². The van der Waals surface area contributed by atoms with E-state index in [-0.39, 0.29) is 22.5 Å². The maximum atomic E-state index is 11.6. The van der Waals surface area contributed by atoms with E-state index in [1.54, 1.807) is 12.1 Å². The van der Waals surface area contributed by atoms with Gasteiger partial charge in [-0.15, -0.1) is 0 Å². The molecule has 1 heterocycles. The molecule has 5 heteroatoms. The van der Waals surface area contributed by atoms with E-state index >= 15 is 0 Å². The van der Waals surface area contributed by atoms with Crippen molar-refractivity contribution in [1.82, 2.24) is 4.98 Å². The van der Waals surface area contributed by atoms with Crippen molar-refractivity contribution in [1.29, 1.82) is 5.26 Å². The summed E-state index contributed by atoms with van der Waals surface area (Å²) in [6.07, 6.45) is 1.03. The zero-order chi connectivity index (χ0) is 25.6. The van der Waals surface area contributed by atoms with Gasteiger partial charge < -0.3 is 9.53 Å². The minimum Gasteiger partial charge on any atom is -0.410 e. The van der Waals surface area contributed by atoms with Crippen molar-refractivity contribution < 1.29 is 9.53 Å². The standard InChI is InChI=1S/C29H42N2O2Si/c1-18(2)26-25(27(32)21-13-11-20(17-30)12-14-21)19(3)24-22(31-26)15-29(7,8)16-23(24)33-34(9,10)28(4,5)6/h11-14,18,23,27,32H,15-16H2,1-10H3/t23-,27+/m0/s1. The van der Waals surface area contributed by atoms with Gasteiger partial charge in [-0.05, 0) is 72.5 Å². The summed E-state index contributed by atoms with van der Waals surface area (Å²) in [6.45, 7) is 22.5. The number of aromatic nitrogens is 1. The van der Waals surface area contributed by atoms with Gasteiger partial charge in [0.1, 0.15) is 6.10 Å². The summed E-state index contributed by atoms with van der Waals surface area (Å²) in [4.78, 5) is 5.22. The Morgan fingerprint density at radius 2 is 1.76 bits per heavy atom. The third-order valence-electron chi connectivity index (χ3n) is 7.78. The number of rotatable bonds is 5. The maximum absolute atomic E-state index is 11.6. The lowest BCUT2D eigenvalue weighted by Crippen LogP contribution is -2.44. The number of aliphatic hydroxyl groups is 1. The zero-order valence-electron chi connectivity index (χ0n) is 22.7. The lowest BCUT2D eigenvalue weighted by atomic mass is 9.72. The van der Waals surface area contributed by atoms with Crippen molar-refractivity contribution in [3.05, 3.63) is 63.5 Å². The minimum atomic E-state index is -2.02. The monoisotopic (exact) mass is 478 g/mol. The predicted octanol–water partition coefficient (Wildman–Crippen LogP) is 7.50. The Hall–Kier alpha value is -2.00. The molecule has 1 aromatic heterocycles. The van der Waals surface area contributed by atoms with Crippen LogP contribution in [0.1, 0.15) is 112 Å². The van der Waals surface area contributed by atoms with Crippen molar-refractivity contribution in [3.63, 3.8) is 0 Å². The van der Waals surface area contributed by atoms with Gasteiger partial charge in [0.15, 0.2) is 8.32 Å². The molecule has 1 aromatic carbocycles. The normalized spacial score (nSPS) is 19.0. The van der Waals surface area contributed by atoms with E-state index in [1.165, 1.54) is 5.56 Å². The van der Waals surface area contributed by atoms with Gasteiger partial charge in [0.05, 0.1) is 17.7 Å². The molecule has 1 aliphatic carbocycles. The molecule has 2 atom stereocenters. The van der Waals surface area contributed by atoms with Crippen molar-refractivity contribution in [2.45, 2.75) is 104 Å². The van der Waals surface area contributed by atoms with Crippen molar-refractivity contribution in [3.8, 4) is 6.07 Å². The average Bonchev–Trinajstić information content (AvgIpc) is 2.70. The first-order valence-electron chi connectivity index (χ1n) is 12.5. The van der Waals surface area contributed by atoms with Gasteiger partial charge in [0.2, 0.25) is 0 Å². The highest BCUT2D eigenvalue weighted by molar-refractivity contribution is 6.74. The smallest absolute Gasteiger partial charge is 0.192 e. The van der Waals surface area contributed by atoms with Gasteiger partial charge in [0, 0.05) is 22.5 Å². The molecule has 0 spiro atoms. The second-order valence-corrected chi connectivity index (χ2v) is 17.4. The lowest BCUT2D eigenvalue weighted by Gasteiger charge is -2.45. The highest BCUT2D eigenvalue weighted by Crippen LogP contribution is 2.49. The largest absolute Gasteiger partial charge is 0.410 e. The third kappa shape index (κ3) is 5.15. The van der Waals surface area contributed by atoms with E-state index in [0.717, 1.165) is 40.9 Å². The van der Waals surface area contributed by atoms with E-state index in [0.29, 0.717) is 5.56 Å². The topological polar surface area (TPSA) is 66.1 Å². The lowest BCUT2D eigenvalue weighted by molar-refractivity contribution is 0.105. The van der Waals surface area contributed by atoms with Gasteiger partial charge in [-0.1, -0.05) is 60.6 Å². The van der Waals surface area contributed by atoms with Crippen LogP contribution in [0.4, 0.5) is 0 Å². The van der Waals surface area contributed by atoms with Crippen LogP contribution in [0.5, 0.6) is 0 Å². The second-order valence-electron chi connectivity index (χ2n) is 12.6. The highest BCUT2D eigenvalue weighted by Gasteiger charge is 2.44. The van der Waals surface area contributed by atoms with Gasteiger partial charge in [0.25, 0.3) is 0 Å². The Kier molecular flexibility index (Phi) is 7.21. The maximum Gasteiger partial charge on any atom is 0.192 e. The molecule has 0 saturated carbocycles. The fourth-order valence-corrected chi connectivity index (χ4v) is 6.10. The quantitative estimate of drug-likeness (QED) is 0.452. The molecule has 184 valence electrons. The third-order valence-corrected chi connectivity index (χ3v) is 12.3. The molecular formula is C29H42N2O2Si. The molecule has 4 nitrogen and oxygen atoms in total. The number of nitriles is 1. The minimum absolute atomic E-state index is 0.0275. The Bertz CT molecular complexity index is 1090. The number of hydrogen-bond donors (Lipinski definition) is 1.